The van der Waals surface area contributed by atoms with E-state index in [-0.39, 0.29) is 12.2 Å². The van der Waals surface area contributed by atoms with Crippen molar-refractivity contribution in [1.82, 2.24) is 5.32 Å². The fraction of sp³-hybridized carbons (Fsp3) is 0.538. The first-order valence-corrected chi connectivity index (χ1v) is 5.56. The van der Waals surface area contributed by atoms with Gasteiger partial charge in [0.2, 0.25) is 0 Å². The predicted octanol–water partition coefficient (Wildman–Crippen LogP) is 2.60. The number of ketones is 1. The number of ether oxygens (including phenoxy) is 1. The van der Waals surface area contributed by atoms with Crippen LogP contribution in [0.1, 0.15) is 34.1 Å². The molecule has 0 aromatic heterocycles. The molecule has 0 spiro atoms. The summed E-state index contributed by atoms with van der Waals surface area (Å²) in [5.74, 6) is -0.0616. The number of hydrogen-bond acceptors (Lipinski definition) is 3. The summed E-state index contributed by atoms with van der Waals surface area (Å²) >= 11 is 0. The first kappa shape index (κ1) is 15.4. The number of amides is 1. The van der Waals surface area contributed by atoms with Gasteiger partial charge in [0.1, 0.15) is 5.60 Å². The van der Waals surface area contributed by atoms with Crippen LogP contribution in [0.25, 0.3) is 0 Å². The highest BCUT2D eigenvalue weighted by molar-refractivity contribution is 5.90. The second-order valence-corrected chi connectivity index (χ2v) is 4.66. The second-order valence-electron chi connectivity index (χ2n) is 4.66. The summed E-state index contributed by atoms with van der Waals surface area (Å²) in [5.41, 5.74) is -0.552. The van der Waals surface area contributed by atoms with E-state index in [0.29, 0.717) is 0 Å². The van der Waals surface area contributed by atoms with E-state index in [4.69, 9.17) is 4.74 Å². The smallest absolute Gasteiger partial charge is 0.408 e. The average molecular weight is 239 g/mol. The Morgan fingerprint density at radius 3 is 2.41 bits per heavy atom. The fourth-order valence-electron chi connectivity index (χ4n) is 1.12. The Labute approximate surface area is 103 Å². The standard InChI is InChI=1S/C13H21NO3/c1-6-8-11(15)9-10(7-2)14-12(16)17-13(3,4)5/h6-8,10H,2,9H2,1,3-5H3,(H,14,16)/b8-6+. The summed E-state index contributed by atoms with van der Waals surface area (Å²) in [4.78, 5) is 22.8. The van der Waals surface area contributed by atoms with Crippen molar-refractivity contribution in [3.05, 3.63) is 24.8 Å². The Bertz CT molecular complexity index is 313. The number of allylic oxidation sites excluding steroid dienone is 2. The van der Waals surface area contributed by atoms with Crippen LogP contribution < -0.4 is 5.32 Å². The number of carbonyl (C=O) groups excluding carboxylic acids is 2. The van der Waals surface area contributed by atoms with Crippen molar-refractivity contribution < 1.29 is 14.3 Å². The quantitative estimate of drug-likeness (QED) is 0.592. The van der Waals surface area contributed by atoms with Gasteiger partial charge in [-0.3, -0.25) is 4.79 Å². The number of alkyl carbamates (subject to hydrolysis) is 1. The van der Waals surface area contributed by atoms with Gasteiger partial charge in [0.05, 0.1) is 6.04 Å². The van der Waals surface area contributed by atoms with Gasteiger partial charge in [-0.05, 0) is 33.8 Å². The fourth-order valence-corrected chi connectivity index (χ4v) is 1.12. The lowest BCUT2D eigenvalue weighted by atomic mass is 10.1. The molecule has 1 unspecified atom stereocenters. The molecule has 0 fully saturated rings. The number of rotatable bonds is 5. The summed E-state index contributed by atoms with van der Waals surface area (Å²) in [6.07, 6.45) is 4.29. The molecule has 1 atom stereocenters. The van der Waals surface area contributed by atoms with Gasteiger partial charge in [-0.25, -0.2) is 4.79 Å². The van der Waals surface area contributed by atoms with Crippen molar-refractivity contribution >= 4 is 11.9 Å². The zero-order chi connectivity index (χ0) is 13.5. The van der Waals surface area contributed by atoms with Crippen LogP contribution in [-0.2, 0) is 9.53 Å². The molecule has 4 heteroatoms. The lowest BCUT2D eigenvalue weighted by molar-refractivity contribution is -0.114. The number of carbonyl (C=O) groups is 2. The molecule has 0 rings (SSSR count). The third kappa shape index (κ3) is 8.25. The van der Waals surface area contributed by atoms with Crippen LogP contribution in [0.3, 0.4) is 0 Å². The van der Waals surface area contributed by atoms with Crippen molar-refractivity contribution in [2.24, 2.45) is 0 Å². The van der Waals surface area contributed by atoms with Crippen molar-refractivity contribution in [1.29, 1.82) is 0 Å². The summed E-state index contributed by atoms with van der Waals surface area (Å²) in [6, 6.07) is -0.409. The zero-order valence-electron chi connectivity index (χ0n) is 10.9. The van der Waals surface area contributed by atoms with Crippen LogP contribution in [0.2, 0.25) is 0 Å². The largest absolute Gasteiger partial charge is 0.444 e. The van der Waals surface area contributed by atoms with Crippen molar-refractivity contribution in [3.8, 4) is 0 Å². The molecular formula is C13H21NO3. The van der Waals surface area contributed by atoms with Crippen molar-refractivity contribution in [2.75, 3.05) is 0 Å². The van der Waals surface area contributed by atoms with E-state index in [0.717, 1.165) is 0 Å². The van der Waals surface area contributed by atoms with Crippen LogP contribution in [-0.4, -0.2) is 23.5 Å². The number of nitrogens with one attached hydrogen (secondary N) is 1. The Morgan fingerprint density at radius 1 is 1.41 bits per heavy atom. The molecule has 0 aliphatic carbocycles. The molecule has 1 N–H and O–H groups in total. The van der Waals surface area contributed by atoms with Crippen LogP contribution in [0.15, 0.2) is 24.8 Å². The van der Waals surface area contributed by atoms with E-state index in [1.165, 1.54) is 12.2 Å². The van der Waals surface area contributed by atoms with Gasteiger partial charge in [-0.2, -0.15) is 0 Å². The van der Waals surface area contributed by atoms with Crippen LogP contribution >= 0.6 is 0 Å². The third-order valence-electron chi connectivity index (χ3n) is 1.76. The average Bonchev–Trinajstić information content (AvgIpc) is 2.13. The molecule has 0 heterocycles. The molecule has 0 saturated heterocycles. The molecule has 0 saturated carbocycles. The van der Waals surface area contributed by atoms with Gasteiger partial charge in [0.15, 0.2) is 5.78 Å². The maximum atomic E-state index is 11.5. The maximum Gasteiger partial charge on any atom is 0.408 e. The second kappa shape index (κ2) is 6.89. The minimum atomic E-state index is -0.552. The lowest BCUT2D eigenvalue weighted by Gasteiger charge is -2.21. The van der Waals surface area contributed by atoms with E-state index in [1.807, 2.05) is 0 Å². The van der Waals surface area contributed by atoms with Crippen molar-refractivity contribution in [2.45, 2.75) is 45.8 Å². The molecule has 96 valence electrons. The highest BCUT2D eigenvalue weighted by atomic mass is 16.6. The van der Waals surface area contributed by atoms with Crippen LogP contribution in [0.4, 0.5) is 4.79 Å². The minimum Gasteiger partial charge on any atom is -0.444 e. The Balaban J connectivity index is 4.27. The summed E-state index contributed by atoms with van der Waals surface area (Å²) < 4.78 is 5.08. The summed E-state index contributed by atoms with van der Waals surface area (Å²) in [6.45, 7) is 10.7. The molecule has 17 heavy (non-hydrogen) atoms. The SMILES string of the molecule is C=CC(CC(=O)/C=C/C)NC(=O)OC(C)(C)C. The monoisotopic (exact) mass is 239 g/mol. The van der Waals surface area contributed by atoms with Gasteiger partial charge in [0, 0.05) is 6.42 Å². The van der Waals surface area contributed by atoms with E-state index < -0.39 is 17.7 Å². The van der Waals surface area contributed by atoms with Gasteiger partial charge >= 0.3 is 6.09 Å². The Kier molecular flexibility index (Phi) is 6.25. The minimum absolute atomic E-state index is 0.0616. The summed E-state index contributed by atoms with van der Waals surface area (Å²) in [7, 11) is 0. The van der Waals surface area contributed by atoms with Crippen LogP contribution in [0.5, 0.6) is 0 Å². The molecule has 0 radical (unpaired) electrons. The molecular weight excluding hydrogens is 218 g/mol. The third-order valence-corrected chi connectivity index (χ3v) is 1.76. The van der Waals surface area contributed by atoms with E-state index in [2.05, 4.69) is 11.9 Å². The maximum absolute atomic E-state index is 11.5. The van der Waals surface area contributed by atoms with E-state index in [1.54, 1.807) is 33.8 Å². The Hall–Kier alpha value is -1.58. The molecule has 1 amide bonds. The molecule has 0 aliphatic heterocycles. The topological polar surface area (TPSA) is 55.4 Å². The summed E-state index contributed by atoms with van der Waals surface area (Å²) in [5, 5.41) is 2.58. The molecule has 4 nitrogen and oxygen atoms in total. The normalized spacial score (nSPS) is 13.2. The number of hydrogen-bond donors (Lipinski definition) is 1. The molecule has 0 aromatic carbocycles. The molecule has 0 aromatic rings. The molecule has 0 bridgehead atoms. The zero-order valence-corrected chi connectivity index (χ0v) is 10.9. The van der Waals surface area contributed by atoms with E-state index in [9.17, 15) is 9.59 Å². The van der Waals surface area contributed by atoms with Crippen LogP contribution in [0, 0.1) is 0 Å². The van der Waals surface area contributed by atoms with E-state index >= 15 is 0 Å². The first-order valence-electron chi connectivity index (χ1n) is 5.56. The van der Waals surface area contributed by atoms with Gasteiger partial charge in [0.25, 0.3) is 0 Å². The predicted molar refractivity (Wildman–Crippen MR) is 67.8 cm³/mol. The highest BCUT2D eigenvalue weighted by Gasteiger charge is 2.18. The van der Waals surface area contributed by atoms with Gasteiger partial charge < -0.3 is 10.1 Å². The first-order chi connectivity index (χ1) is 7.78. The van der Waals surface area contributed by atoms with Gasteiger partial charge in [-0.15, -0.1) is 6.58 Å². The van der Waals surface area contributed by atoms with Crippen molar-refractivity contribution in [3.63, 3.8) is 0 Å². The molecule has 0 aliphatic rings. The highest BCUT2D eigenvalue weighted by Crippen LogP contribution is 2.07. The lowest BCUT2D eigenvalue weighted by Crippen LogP contribution is -2.39. The van der Waals surface area contributed by atoms with Gasteiger partial charge in [-0.1, -0.05) is 12.2 Å². The Morgan fingerprint density at radius 2 is 2.00 bits per heavy atom.